The lowest BCUT2D eigenvalue weighted by Gasteiger charge is -2.41. The van der Waals surface area contributed by atoms with Gasteiger partial charge < -0.3 is 30.0 Å². The van der Waals surface area contributed by atoms with Gasteiger partial charge in [0.1, 0.15) is 11.5 Å². The van der Waals surface area contributed by atoms with Crippen molar-refractivity contribution >= 4 is 45.0 Å². The van der Waals surface area contributed by atoms with Crippen molar-refractivity contribution in [1.29, 1.82) is 0 Å². The van der Waals surface area contributed by atoms with Gasteiger partial charge in [-0.15, -0.1) is 11.3 Å². The SMILES string of the molecule is CC1C(CSc2nc3ccccc3s2)OC(c2cccc(-c3cccc(CNC(=O)Nc4ccc(Oc5ccccc5)cc4)c3)c2)OC1c1ccc(CO)cc1. The van der Waals surface area contributed by atoms with E-state index in [1.807, 2.05) is 121 Å². The molecule has 1 aliphatic heterocycles. The van der Waals surface area contributed by atoms with Crippen molar-refractivity contribution in [2.75, 3.05) is 11.1 Å². The Hall–Kier alpha value is -5.49. The van der Waals surface area contributed by atoms with Gasteiger partial charge in [-0.25, -0.2) is 9.78 Å². The Morgan fingerprint density at radius 2 is 1.50 bits per heavy atom. The van der Waals surface area contributed by atoms with E-state index in [1.54, 1.807) is 23.1 Å². The molecule has 3 N–H and O–H groups in total. The summed E-state index contributed by atoms with van der Waals surface area (Å²) < 4.78 is 21.6. The topological polar surface area (TPSA) is 102 Å². The highest BCUT2D eigenvalue weighted by Crippen LogP contribution is 2.44. The molecule has 1 fully saturated rings. The molecule has 56 heavy (non-hydrogen) atoms. The highest BCUT2D eigenvalue weighted by molar-refractivity contribution is 8.01. The summed E-state index contributed by atoms with van der Waals surface area (Å²) in [6.45, 7) is 2.52. The smallest absolute Gasteiger partial charge is 0.319 e. The molecule has 0 radical (unpaired) electrons. The van der Waals surface area contributed by atoms with Crippen LogP contribution in [0.1, 0.15) is 41.6 Å². The van der Waals surface area contributed by atoms with E-state index in [0.29, 0.717) is 18.0 Å². The quantitative estimate of drug-likeness (QED) is 0.106. The molecule has 2 amide bonds. The molecule has 0 aliphatic carbocycles. The van der Waals surface area contributed by atoms with E-state index in [4.69, 9.17) is 19.2 Å². The number of thiazole rings is 1. The Kier molecular flexibility index (Phi) is 11.7. The average Bonchev–Trinajstić information content (AvgIpc) is 3.67. The van der Waals surface area contributed by atoms with E-state index in [2.05, 4.69) is 47.9 Å². The van der Waals surface area contributed by atoms with Gasteiger partial charge in [0, 0.05) is 29.5 Å². The number of para-hydroxylation sites is 2. The molecule has 4 atom stereocenters. The number of fused-ring (bicyclic) bond motifs is 1. The number of aromatic nitrogens is 1. The van der Waals surface area contributed by atoms with Crippen LogP contribution in [0.15, 0.2) is 156 Å². The van der Waals surface area contributed by atoms with Crippen LogP contribution in [0.25, 0.3) is 21.3 Å². The van der Waals surface area contributed by atoms with Gasteiger partial charge in [-0.05, 0) is 88.5 Å². The zero-order chi connectivity index (χ0) is 38.3. The zero-order valence-corrected chi connectivity index (χ0v) is 32.3. The Morgan fingerprint density at radius 3 is 2.29 bits per heavy atom. The Balaban J connectivity index is 0.942. The third-order valence-electron chi connectivity index (χ3n) is 9.73. The molecule has 8 nitrogen and oxygen atoms in total. The van der Waals surface area contributed by atoms with Gasteiger partial charge in [-0.2, -0.15) is 0 Å². The lowest BCUT2D eigenvalue weighted by Crippen LogP contribution is -2.38. The molecular weight excluding hydrogens is 739 g/mol. The lowest BCUT2D eigenvalue weighted by molar-refractivity contribution is -0.268. The van der Waals surface area contributed by atoms with E-state index in [0.717, 1.165) is 54.7 Å². The maximum atomic E-state index is 12.8. The van der Waals surface area contributed by atoms with Gasteiger partial charge >= 0.3 is 6.03 Å². The summed E-state index contributed by atoms with van der Waals surface area (Å²) in [5, 5.41) is 15.5. The maximum absolute atomic E-state index is 12.8. The summed E-state index contributed by atoms with van der Waals surface area (Å²) in [6.07, 6.45) is -0.924. The van der Waals surface area contributed by atoms with Crippen molar-refractivity contribution in [2.24, 2.45) is 5.92 Å². The number of benzene rings is 6. The fourth-order valence-electron chi connectivity index (χ4n) is 6.69. The number of hydrogen-bond acceptors (Lipinski definition) is 8. The van der Waals surface area contributed by atoms with Crippen LogP contribution in [-0.2, 0) is 22.6 Å². The highest BCUT2D eigenvalue weighted by Gasteiger charge is 2.38. The highest BCUT2D eigenvalue weighted by atomic mass is 32.2. The van der Waals surface area contributed by atoms with E-state index in [1.165, 1.54) is 4.70 Å². The number of nitrogens with one attached hydrogen (secondary N) is 2. The van der Waals surface area contributed by atoms with Crippen LogP contribution in [-0.4, -0.2) is 28.0 Å². The number of aliphatic hydroxyl groups excluding tert-OH is 1. The molecule has 10 heteroatoms. The summed E-state index contributed by atoms with van der Waals surface area (Å²) in [5.41, 5.74) is 7.50. The second-order valence-corrected chi connectivity index (χ2v) is 16.0. The molecule has 1 aliphatic rings. The first-order valence-electron chi connectivity index (χ1n) is 18.5. The second kappa shape index (κ2) is 17.5. The summed E-state index contributed by atoms with van der Waals surface area (Å²) in [5.74, 6) is 2.22. The number of ether oxygens (including phenoxy) is 3. The number of carbonyl (C=O) groups excluding carboxylic acids is 1. The number of anilines is 1. The third kappa shape index (κ3) is 9.13. The van der Waals surface area contributed by atoms with E-state index < -0.39 is 6.29 Å². The largest absolute Gasteiger partial charge is 0.457 e. The minimum atomic E-state index is -0.595. The van der Waals surface area contributed by atoms with Crippen LogP contribution in [0, 0.1) is 5.92 Å². The first kappa shape index (κ1) is 37.4. The number of thioether (sulfide) groups is 1. The molecule has 1 aromatic heterocycles. The summed E-state index contributed by atoms with van der Waals surface area (Å²) in [4.78, 5) is 17.7. The predicted octanol–water partition coefficient (Wildman–Crippen LogP) is 11.2. The standard InChI is InChI=1S/C46H41N3O5S2/c1-30-41(29-55-46-49-40-15-5-6-16-42(40)56-46)53-44(54-43(30)33-19-17-31(28-50)18-20-33)36-12-8-11-35(26-36)34-10-7-9-32(25-34)27-47-45(51)48-37-21-23-39(24-22-37)52-38-13-3-2-4-14-38/h2-26,30,41,43-44,50H,27-29H2,1H3,(H2,47,48,51). The monoisotopic (exact) mass is 779 g/mol. The first-order valence-corrected chi connectivity index (χ1v) is 20.3. The van der Waals surface area contributed by atoms with Crippen LogP contribution in [0.3, 0.4) is 0 Å². The van der Waals surface area contributed by atoms with Crippen molar-refractivity contribution in [1.82, 2.24) is 10.3 Å². The number of nitrogens with zero attached hydrogens (tertiary/aromatic N) is 1. The molecule has 1 saturated heterocycles. The van der Waals surface area contributed by atoms with Crippen LogP contribution < -0.4 is 15.4 Å². The molecule has 6 aromatic carbocycles. The molecule has 2 heterocycles. The number of urea groups is 1. The zero-order valence-electron chi connectivity index (χ0n) is 30.7. The molecule has 8 rings (SSSR count). The number of hydrogen-bond donors (Lipinski definition) is 3. The van der Waals surface area contributed by atoms with Gasteiger partial charge in [0.15, 0.2) is 10.6 Å². The predicted molar refractivity (Wildman–Crippen MR) is 224 cm³/mol. The molecular formula is C46H41N3O5S2. The van der Waals surface area contributed by atoms with E-state index >= 15 is 0 Å². The minimum absolute atomic E-state index is 0.00768. The molecule has 4 unspecified atom stereocenters. The number of rotatable bonds is 12. The Bertz CT molecular complexity index is 2350. The minimum Gasteiger partial charge on any atom is -0.457 e. The van der Waals surface area contributed by atoms with Crippen molar-refractivity contribution in [3.8, 4) is 22.6 Å². The van der Waals surface area contributed by atoms with Crippen molar-refractivity contribution in [3.63, 3.8) is 0 Å². The summed E-state index contributed by atoms with van der Waals surface area (Å²) in [6, 6.07) is 49.1. The fraction of sp³-hybridized carbons (Fsp3) is 0.174. The van der Waals surface area contributed by atoms with E-state index in [9.17, 15) is 9.90 Å². The third-order valence-corrected chi connectivity index (χ3v) is 12.0. The molecule has 0 bridgehead atoms. The van der Waals surface area contributed by atoms with Gasteiger partial charge in [0.2, 0.25) is 0 Å². The van der Waals surface area contributed by atoms with Gasteiger partial charge in [-0.1, -0.05) is 110 Å². The lowest BCUT2D eigenvalue weighted by atomic mass is 9.91. The average molecular weight is 780 g/mol. The van der Waals surface area contributed by atoms with Gasteiger partial charge in [0.25, 0.3) is 0 Å². The number of aliphatic hydroxyl groups is 1. The maximum Gasteiger partial charge on any atom is 0.319 e. The van der Waals surface area contributed by atoms with Crippen molar-refractivity contribution in [2.45, 2.75) is 42.9 Å². The van der Waals surface area contributed by atoms with E-state index in [-0.39, 0.29) is 30.8 Å². The summed E-state index contributed by atoms with van der Waals surface area (Å²) in [7, 11) is 0. The van der Waals surface area contributed by atoms with Crippen LogP contribution in [0.5, 0.6) is 11.5 Å². The second-order valence-electron chi connectivity index (χ2n) is 13.7. The fourth-order valence-corrected chi connectivity index (χ4v) is 8.95. The first-order chi connectivity index (χ1) is 27.5. The Labute approximate surface area is 334 Å². The van der Waals surface area contributed by atoms with Crippen LogP contribution in [0.4, 0.5) is 10.5 Å². The normalized spacial score (nSPS) is 18.0. The van der Waals surface area contributed by atoms with Gasteiger partial charge in [-0.3, -0.25) is 0 Å². The molecule has 0 saturated carbocycles. The Morgan fingerprint density at radius 1 is 0.768 bits per heavy atom. The summed E-state index contributed by atoms with van der Waals surface area (Å²) >= 11 is 3.42. The molecule has 7 aromatic rings. The van der Waals surface area contributed by atoms with Crippen molar-refractivity contribution < 1.29 is 24.1 Å². The van der Waals surface area contributed by atoms with Crippen LogP contribution in [0.2, 0.25) is 0 Å². The van der Waals surface area contributed by atoms with Crippen molar-refractivity contribution in [3.05, 3.63) is 174 Å². The van der Waals surface area contributed by atoms with Crippen LogP contribution >= 0.6 is 23.1 Å². The van der Waals surface area contributed by atoms with Gasteiger partial charge in [0.05, 0.1) is 29.0 Å². The number of amides is 2. The number of carbonyl (C=O) groups is 1. The molecule has 282 valence electrons. The molecule has 0 spiro atoms.